The van der Waals surface area contributed by atoms with Crippen LogP contribution in [0.3, 0.4) is 0 Å². The Balaban J connectivity index is 1.30. The molecule has 2 aromatic heterocycles. The lowest BCUT2D eigenvalue weighted by molar-refractivity contribution is 0.212. The normalized spacial score (nSPS) is 15.3. The van der Waals surface area contributed by atoms with Crippen molar-refractivity contribution in [2.45, 2.75) is 6.04 Å². The lowest BCUT2D eigenvalue weighted by atomic mass is 9.96. The van der Waals surface area contributed by atoms with E-state index < -0.39 is 0 Å². The van der Waals surface area contributed by atoms with Crippen LogP contribution in [0.5, 0.6) is 0 Å². The highest BCUT2D eigenvalue weighted by molar-refractivity contribution is 7.17. The Morgan fingerprint density at radius 1 is 0.722 bits per heavy atom. The highest BCUT2D eigenvalue weighted by Gasteiger charge is 2.28. The molecular formula is C29H24Cl2N4S. The van der Waals surface area contributed by atoms with E-state index >= 15 is 0 Å². The van der Waals surface area contributed by atoms with Gasteiger partial charge in [-0.2, -0.15) is 0 Å². The Hall–Kier alpha value is -2.96. The Kier molecular flexibility index (Phi) is 6.63. The summed E-state index contributed by atoms with van der Waals surface area (Å²) in [6, 6.07) is 27.1. The molecule has 1 aliphatic rings. The molecule has 6 rings (SSSR count). The van der Waals surface area contributed by atoms with Gasteiger partial charge in [-0.1, -0.05) is 77.8 Å². The van der Waals surface area contributed by atoms with Crippen LogP contribution in [0.15, 0.2) is 90.6 Å². The van der Waals surface area contributed by atoms with E-state index in [1.54, 1.807) is 17.7 Å². The monoisotopic (exact) mass is 530 g/mol. The molecule has 4 nitrogen and oxygen atoms in total. The van der Waals surface area contributed by atoms with Crippen LogP contribution >= 0.6 is 34.5 Å². The number of thiophene rings is 1. The summed E-state index contributed by atoms with van der Waals surface area (Å²) < 4.78 is 0. The molecule has 3 aromatic carbocycles. The fourth-order valence-electron chi connectivity index (χ4n) is 5.03. The predicted molar refractivity (Wildman–Crippen MR) is 151 cm³/mol. The number of nitrogens with zero attached hydrogens (tertiary/aromatic N) is 4. The molecule has 0 N–H and O–H groups in total. The van der Waals surface area contributed by atoms with Crippen molar-refractivity contribution < 1.29 is 0 Å². The number of hydrogen-bond donors (Lipinski definition) is 0. The summed E-state index contributed by atoms with van der Waals surface area (Å²) in [5, 5.41) is 4.79. The summed E-state index contributed by atoms with van der Waals surface area (Å²) in [6.45, 7) is 3.63. The van der Waals surface area contributed by atoms with E-state index in [1.807, 2.05) is 24.3 Å². The van der Waals surface area contributed by atoms with Crippen LogP contribution in [0.25, 0.3) is 21.3 Å². The zero-order chi connectivity index (χ0) is 24.5. The van der Waals surface area contributed by atoms with Gasteiger partial charge in [0.2, 0.25) is 0 Å². The van der Waals surface area contributed by atoms with Crippen molar-refractivity contribution in [1.29, 1.82) is 0 Å². The van der Waals surface area contributed by atoms with Crippen LogP contribution in [0, 0.1) is 0 Å². The SMILES string of the molecule is Clc1ccc(-c2csc3ncnc(N4CCN([C@H](c5ccccc5)c5ccc(Cl)cc5)CC4)c23)cc1. The van der Waals surface area contributed by atoms with E-state index in [4.69, 9.17) is 28.2 Å². The number of hydrogen-bond acceptors (Lipinski definition) is 5. The summed E-state index contributed by atoms with van der Waals surface area (Å²) in [6.07, 6.45) is 1.69. The van der Waals surface area contributed by atoms with E-state index in [1.165, 1.54) is 11.1 Å². The molecule has 1 fully saturated rings. The third-order valence-electron chi connectivity index (χ3n) is 6.79. The van der Waals surface area contributed by atoms with Gasteiger partial charge in [-0.15, -0.1) is 11.3 Å². The van der Waals surface area contributed by atoms with Gasteiger partial charge in [0.1, 0.15) is 17.0 Å². The third-order valence-corrected chi connectivity index (χ3v) is 8.18. The van der Waals surface area contributed by atoms with Gasteiger partial charge >= 0.3 is 0 Å². The van der Waals surface area contributed by atoms with Crippen LogP contribution in [-0.2, 0) is 0 Å². The van der Waals surface area contributed by atoms with Crippen LogP contribution in [0.2, 0.25) is 10.0 Å². The van der Waals surface area contributed by atoms with Crippen molar-refractivity contribution in [3.05, 3.63) is 112 Å². The summed E-state index contributed by atoms with van der Waals surface area (Å²) in [7, 11) is 0. The lowest BCUT2D eigenvalue weighted by Gasteiger charge is -2.40. The summed E-state index contributed by atoms with van der Waals surface area (Å²) >= 11 is 14.0. The first kappa shape index (κ1) is 23.4. The molecule has 0 bridgehead atoms. The van der Waals surface area contributed by atoms with Crippen LogP contribution in [0.4, 0.5) is 5.82 Å². The molecule has 5 aromatic rings. The van der Waals surface area contributed by atoms with E-state index in [-0.39, 0.29) is 6.04 Å². The number of piperazine rings is 1. The van der Waals surface area contributed by atoms with Gasteiger partial charge in [0.05, 0.1) is 11.4 Å². The summed E-state index contributed by atoms with van der Waals surface area (Å²) in [5.41, 5.74) is 4.84. The maximum Gasteiger partial charge on any atom is 0.141 e. The Bertz CT molecular complexity index is 1460. The molecule has 36 heavy (non-hydrogen) atoms. The number of benzene rings is 3. The standard InChI is InChI=1S/C29H24Cl2N4S/c30-23-10-6-20(7-11-23)25-18-36-29-26(25)28(32-19-33-29)35-16-14-34(15-17-35)27(21-4-2-1-3-5-21)22-8-12-24(31)13-9-22/h1-13,18-19,27H,14-17H2/t27-/m1/s1. The minimum absolute atomic E-state index is 0.182. The Morgan fingerprint density at radius 2 is 1.36 bits per heavy atom. The quantitative estimate of drug-likeness (QED) is 0.234. The van der Waals surface area contributed by atoms with Gasteiger partial charge < -0.3 is 4.90 Å². The minimum Gasteiger partial charge on any atom is -0.353 e. The average Bonchev–Trinajstić information content (AvgIpc) is 3.36. The maximum absolute atomic E-state index is 6.20. The van der Waals surface area contributed by atoms with Crippen molar-refractivity contribution in [2.24, 2.45) is 0 Å². The second kappa shape index (κ2) is 10.2. The van der Waals surface area contributed by atoms with Crippen LogP contribution < -0.4 is 4.90 Å². The highest BCUT2D eigenvalue weighted by atomic mass is 35.5. The fraction of sp³-hybridized carbons (Fsp3) is 0.172. The molecule has 3 heterocycles. The molecule has 1 atom stereocenters. The maximum atomic E-state index is 6.20. The first-order valence-electron chi connectivity index (χ1n) is 11.9. The second-order valence-electron chi connectivity index (χ2n) is 8.92. The summed E-state index contributed by atoms with van der Waals surface area (Å²) in [4.78, 5) is 15.3. The zero-order valence-corrected chi connectivity index (χ0v) is 21.8. The lowest BCUT2D eigenvalue weighted by Crippen LogP contribution is -2.48. The van der Waals surface area contributed by atoms with Gasteiger partial charge in [-0.3, -0.25) is 4.90 Å². The van der Waals surface area contributed by atoms with Crippen LogP contribution in [-0.4, -0.2) is 41.0 Å². The topological polar surface area (TPSA) is 32.3 Å². The molecule has 1 aliphatic heterocycles. The van der Waals surface area contributed by atoms with Gasteiger partial charge in [0.25, 0.3) is 0 Å². The molecule has 0 saturated carbocycles. The van der Waals surface area contributed by atoms with Gasteiger partial charge in [-0.25, -0.2) is 9.97 Å². The van der Waals surface area contributed by atoms with Crippen molar-refractivity contribution in [2.75, 3.05) is 31.1 Å². The van der Waals surface area contributed by atoms with Crippen molar-refractivity contribution in [3.8, 4) is 11.1 Å². The minimum atomic E-state index is 0.182. The summed E-state index contributed by atoms with van der Waals surface area (Å²) in [5.74, 6) is 1.01. The van der Waals surface area contributed by atoms with E-state index in [2.05, 4.69) is 74.8 Å². The van der Waals surface area contributed by atoms with E-state index in [0.29, 0.717) is 0 Å². The van der Waals surface area contributed by atoms with Gasteiger partial charge in [-0.05, 0) is 41.0 Å². The van der Waals surface area contributed by atoms with Crippen molar-refractivity contribution in [3.63, 3.8) is 0 Å². The van der Waals surface area contributed by atoms with Crippen molar-refractivity contribution >= 4 is 50.6 Å². The molecule has 180 valence electrons. The predicted octanol–water partition coefficient (Wildman–Crippen LogP) is 7.58. The fourth-order valence-corrected chi connectivity index (χ4v) is 6.19. The van der Waals surface area contributed by atoms with Gasteiger partial charge in [0, 0.05) is 47.2 Å². The highest BCUT2D eigenvalue weighted by Crippen LogP contribution is 2.39. The number of rotatable bonds is 5. The molecule has 0 amide bonds. The number of fused-ring (bicyclic) bond motifs is 1. The number of anilines is 1. The molecule has 0 spiro atoms. The molecular weight excluding hydrogens is 507 g/mol. The number of aromatic nitrogens is 2. The zero-order valence-electron chi connectivity index (χ0n) is 19.5. The van der Waals surface area contributed by atoms with Crippen molar-refractivity contribution in [1.82, 2.24) is 14.9 Å². The third kappa shape index (κ3) is 4.60. The van der Waals surface area contributed by atoms with Crippen LogP contribution in [0.1, 0.15) is 17.2 Å². The first-order chi connectivity index (χ1) is 17.7. The Morgan fingerprint density at radius 3 is 2.06 bits per heavy atom. The van der Waals surface area contributed by atoms with E-state index in [9.17, 15) is 0 Å². The molecule has 0 radical (unpaired) electrons. The number of halogens is 2. The smallest absolute Gasteiger partial charge is 0.141 e. The van der Waals surface area contributed by atoms with E-state index in [0.717, 1.165) is 63.4 Å². The second-order valence-corrected chi connectivity index (χ2v) is 10.7. The molecule has 1 saturated heterocycles. The first-order valence-corrected chi connectivity index (χ1v) is 13.6. The Labute approximate surface area is 224 Å². The molecule has 7 heteroatoms. The van der Waals surface area contributed by atoms with Gasteiger partial charge in [0.15, 0.2) is 0 Å². The molecule has 0 unspecified atom stereocenters. The average molecular weight is 532 g/mol. The molecule has 0 aliphatic carbocycles. The largest absolute Gasteiger partial charge is 0.353 e.